The van der Waals surface area contributed by atoms with Crippen LogP contribution in [0.15, 0.2) is 36.4 Å². The molecule has 0 aliphatic carbocycles. The van der Waals surface area contributed by atoms with Gasteiger partial charge in [-0.1, -0.05) is 30.3 Å². The van der Waals surface area contributed by atoms with Crippen molar-refractivity contribution in [3.05, 3.63) is 42.0 Å². The van der Waals surface area contributed by atoms with Crippen molar-refractivity contribution in [3.63, 3.8) is 0 Å². The van der Waals surface area contributed by atoms with Gasteiger partial charge >= 0.3 is 0 Å². The Labute approximate surface area is 144 Å². The lowest BCUT2D eigenvalue weighted by atomic mass is 9.97. The molecule has 1 aliphatic rings. The van der Waals surface area contributed by atoms with Crippen LogP contribution in [0.2, 0.25) is 0 Å². The summed E-state index contributed by atoms with van der Waals surface area (Å²) in [5.41, 5.74) is 1.31. The molecule has 24 heavy (non-hydrogen) atoms. The molecule has 0 bridgehead atoms. The molecule has 1 fully saturated rings. The first-order chi connectivity index (χ1) is 11.6. The highest BCUT2D eigenvalue weighted by Crippen LogP contribution is 2.29. The van der Waals surface area contributed by atoms with E-state index in [1.165, 1.54) is 10.9 Å². The quantitative estimate of drug-likeness (QED) is 0.846. The van der Waals surface area contributed by atoms with E-state index >= 15 is 0 Å². The Kier molecular flexibility index (Phi) is 5.05. The summed E-state index contributed by atoms with van der Waals surface area (Å²) in [5, 5.41) is 2.41. The van der Waals surface area contributed by atoms with Gasteiger partial charge in [0.25, 0.3) is 0 Å². The normalized spacial score (nSPS) is 18.4. The average Bonchev–Trinajstić information content (AvgIpc) is 2.58. The molecule has 0 radical (unpaired) electrons. The first kappa shape index (κ1) is 16.8. The summed E-state index contributed by atoms with van der Waals surface area (Å²) in [4.78, 5) is 15.9. The zero-order chi connectivity index (χ0) is 17.1. The van der Waals surface area contributed by atoms with Crippen molar-refractivity contribution in [2.75, 3.05) is 34.3 Å². The zero-order valence-corrected chi connectivity index (χ0v) is 14.8. The molecule has 1 heterocycles. The Morgan fingerprint density at radius 1 is 1.21 bits per heavy atom. The Balaban J connectivity index is 1.72. The lowest BCUT2D eigenvalue weighted by Crippen LogP contribution is -2.41. The van der Waals surface area contributed by atoms with Gasteiger partial charge in [0.2, 0.25) is 5.91 Å². The molecule has 2 aromatic carbocycles. The number of carbonyl (C=O) groups is 1. The van der Waals surface area contributed by atoms with E-state index in [9.17, 15) is 4.79 Å². The van der Waals surface area contributed by atoms with E-state index in [2.05, 4.69) is 42.3 Å². The maximum atomic E-state index is 11.6. The number of rotatable bonds is 5. The number of ether oxygens (including phenoxy) is 1. The Morgan fingerprint density at radius 3 is 2.67 bits per heavy atom. The number of nitrogens with zero attached hydrogens (tertiary/aromatic N) is 2. The van der Waals surface area contributed by atoms with Crippen LogP contribution in [0.3, 0.4) is 0 Å². The summed E-state index contributed by atoms with van der Waals surface area (Å²) in [6.45, 7) is 2.78. The van der Waals surface area contributed by atoms with E-state index in [1.54, 1.807) is 7.11 Å². The lowest BCUT2D eigenvalue weighted by Gasteiger charge is -2.32. The lowest BCUT2D eigenvalue weighted by molar-refractivity contribution is -0.133. The first-order valence-electron chi connectivity index (χ1n) is 8.55. The zero-order valence-electron chi connectivity index (χ0n) is 14.8. The predicted molar refractivity (Wildman–Crippen MR) is 97.2 cm³/mol. The fraction of sp³-hybridized carbons (Fsp3) is 0.450. The maximum Gasteiger partial charge on any atom is 0.222 e. The van der Waals surface area contributed by atoms with Gasteiger partial charge in [-0.2, -0.15) is 0 Å². The van der Waals surface area contributed by atoms with Crippen LogP contribution < -0.4 is 4.74 Å². The van der Waals surface area contributed by atoms with Crippen LogP contribution >= 0.6 is 0 Å². The van der Waals surface area contributed by atoms with E-state index in [4.69, 9.17) is 4.74 Å². The monoisotopic (exact) mass is 326 g/mol. The number of hydrogen-bond acceptors (Lipinski definition) is 3. The summed E-state index contributed by atoms with van der Waals surface area (Å²) in [7, 11) is 5.79. The number of likely N-dealkylation sites (tertiary alicyclic amines) is 1. The third kappa shape index (κ3) is 3.54. The van der Waals surface area contributed by atoms with E-state index in [0.29, 0.717) is 12.3 Å². The highest BCUT2D eigenvalue weighted by atomic mass is 16.5. The highest BCUT2D eigenvalue weighted by Gasteiger charge is 2.23. The summed E-state index contributed by atoms with van der Waals surface area (Å²) < 4.78 is 5.48. The van der Waals surface area contributed by atoms with E-state index in [-0.39, 0.29) is 5.91 Å². The number of carbonyl (C=O) groups excluding carboxylic acids is 1. The smallest absolute Gasteiger partial charge is 0.222 e. The second kappa shape index (κ2) is 7.22. The van der Waals surface area contributed by atoms with Crippen LogP contribution in [0.4, 0.5) is 0 Å². The van der Waals surface area contributed by atoms with Gasteiger partial charge in [0.15, 0.2) is 0 Å². The van der Waals surface area contributed by atoms with Gasteiger partial charge in [-0.05, 0) is 36.4 Å². The van der Waals surface area contributed by atoms with Crippen molar-refractivity contribution in [3.8, 4) is 5.75 Å². The molecule has 1 amide bonds. The van der Waals surface area contributed by atoms with Gasteiger partial charge in [0.05, 0.1) is 7.11 Å². The molecule has 0 saturated carbocycles. The third-order valence-corrected chi connectivity index (χ3v) is 4.93. The molecule has 0 N–H and O–H groups in total. The fourth-order valence-corrected chi connectivity index (χ4v) is 3.69. The molecule has 1 unspecified atom stereocenters. The summed E-state index contributed by atoms with van der Waals surface area (Å²) in [6.07, 6.45) is 1.68. The van der Waals surface area contributed by atoms with Crippen LogP contribution in [0.5, 0.6) is 5.75 Å². The molecule has 1 saturated heterocycles. The number of hydrogen-bond donors (Lipinski definition) is 0. The molecule has 2 aromatic rings. The van der Waals surface area contributed by atoms with Gasteiger partial charge in [0.1, 0.15) is 5.75 Å². The largest absolute Gasteiger partial charge is 0.496 e. The molecule has 0 spiro atoms. The minimum Gasteiger partial charge on any atom is -0.496 e. The number of methoxy groups -OCH3 is 1. The molecule has 128 valence electrons. The van der Waals surface area contributed by atoms with Crippen molar-refractivity contribution in [1.29, 1.82) is 0 Å². The standard InChI is InChI=1S/C20H26N2O2/c1-21(12-15-8-11-20(23)22(2)13-15)14-16-9-10-19(24-3)18-7-5-4-6-17(16)18/h4-7,9-10,15H,8,11-14H2,1-3H3. The second-order valence-electron chi connectivity index (χ2n) is 6.85. The van der Waals surface area contributed by atoms with Crippen molar-refractivity contribution < 1.29 is 9.53 Å². The molecule has 1 atom stereocenters. The molecule has 3 rings (SSSR count). The van der Waals surface area contributed by atoms with Gasteiger partial charge in [-0.25, -0.2) is 0 Å². The molecule has 0 aromatic heterocycles. The first-order valence-corrected chi connectivity index (χ1v) is 8.55. The molecule has 4 heteroatoms. The van der Waals surface area contributed by atoms with Crippen LogP contribution in [-0.2, 0) is 11.3 Å². The van der Waals surface area contributed by atoms with Crippen LogP contribution in [0.25, 0.3) is 10.8 Å². The van der Waals surface area contributed by atoms with Gasteiger partial charge in [-0.15, -0.1) is 0 Å². The summed E-state index contributed by atoms with van der Waals surface area (Å²) in [6, 6.07) is 12.6. The molecular formula is C20H26N2O2. The summed E-state index contributed by atoms with van der Waals surface area (Å²) in [5.74, 6) is 1.75. The summed E-state index contributed by atoms with van der Waals surface area (Å²) >= 11 is 0. The SMILES string of the molecule is COc1ccc(CN(C)CC2CCC(=O)N(C)C2)c2ccccc12. The van der Waals surface area contributed by atoms with Crippen LogP contribution in [0, 0.1) is 5.92 Å². The predicted octanol–water partition coefficient (Wildman–Crippen LogP) is 3.15. The van der Waals surface area contributed by atoms with Crippen molar-refractivity contribution in [2.45, 2.75) is 19.4 Å². The van der Waals surface area contributed by atoms with Crippen LogP contribution in [-0.4, -0.2) is 50.0 Å². The topological polar surface area (TPSA) is 32.8 Å². The minimum absolute atomic E-state index is 0.273. The Morgan fingerprint density at radius 2 is 1.96 bits per heavy atom. The highest BCUT2D eigenvalue weighted by molar-refractivity contribution is 5.91. The van der Waals surface area contributed by atoms with E-state index < -0.39 is 0 Å². The van der Waals surface area contributed by atoms with Crippen molar-refractivity contribution >= 4 is 16.7 Å². The fourth-order valence-electron chi connectivity index (χ4n) is 3.69. The van der Waals surface area contributed by atoms with Gasteiger partial charge < -0.3 is 14.5 Å². The number of benzene rings is 2. The van der Waals surface area contributed by atoms with Crippen molar-refractivity contribution in [1.82, 2.24) is 9.80 Å². The molecule has 4 nitrogen and oxygen atoms in total. The van der Waals surface area contributed by atoms with Gasteiger partial charge in [0, 0.05) is 38.5 Å². The molecular weight excluding hydrogens is 300 g/mol. The minimum atomic E-state index is 0.273. The Bertz CT molecular complexity index is 729. The average molecular weight is 326 g/mol. The Hall–Kier alpha value is -2.07. The van der Waals surface area contributed by atoms with Gasteiger partial charge in [-0.3, -0.25) is 4.79 Å². The van der Waals surface area contributed by atoms with Crippen molar-refractivity contribution in [2.24, 2.45) is 5.92 Å². The van der Waals surface area contributed by atoms with Crippen LogP contribution in [0.1, 0.15) is 18.4 Å². The maximum absolute atomic E-state index is 11.6. The number of fused-ring (bicyclic) bond motifs is 1. The van der Waals surface area contributed by atoms with E-state index in [0.717, 1.165) is 37.2 Å². The second-order valence-corrected chi connectivity index (χ2v) is 6.85. The third-order valence-electron chi connectivity index (χ3n) is 4.93. The molecule has 1 aliphatic heterocycles. The van der Waals surface area contributed by atoms with E-state index in [1.807, 2.05) is 18.0 Å². The number of amides is 1. The number of piperidine rings is 1.